The Kier molecular flexibility index (Phi) is 15.7. The molecule has 0 aliphatic carbocycles. The molecular weight excluding hydrogens is 788 g/mol. The molecular formula is C51H75O9P. The van der Waals surface area contributed by atoms with Crippen LogP contribution in [-0.2, 0) is 46.9 Å². The Morgan fingerprint density at radius 1 is 0.361 bits per heavy atom. The first-order valence-electron chi connectivity index (χ1n) is 21.3. The van der Waals surface area contributed by atoms with Gasteiger partial charge in [-0.25, -0.2) is 0 Å². The molecule has 0 unspecified atom stereocenters. The third kappa shape index (κ3) is 14.2. The summed E-state index contributed by atoms with van der Waals surface area (Å²) in [5, 5.41) is 0. The molecule has 0 heterocycles. The van der Waals surface area contributed by atoms with Crippen molar-refractivity contribution < 1.29 is 42.2 Å². The Bertz CT molecular complexity index is 1730. The zero-order valence-corrected chi connectivity index (χ0v) is 42.1. The second kappa shape index (κ2) is 18.7. The molecule has 10 heteroatoms. The molecule has 0 amide bonds. The summed E-state index contributed by atoms with van der Waals surface area (Å²) in [5.41, 5.74) is 2.48. The van der Waals surface area contributed by atoms with Gasteiger partial charge in [0.2, 0.25) is 0 Å². The van der Waals surface area contributed by atoms with Crippen molar-refractivity contribution >= 4 is 26.0 Å². The molecule has 0 aliphatic heterocycles. The first-order chi connectivity index (χ1) is 27.5. The van der Waals surface area contributed by atoms with Crippen LogP contribution < -0.4 is 27.8 Å². The van der Waals surface area contributed by atoms with Crippen LogP contribution in [0.25, 0.3) is 0 Å². The second-order valence-electron chi connectivity index (χ2n) is 22.5. The lowest BCUT2D eigenvalue weighted by molar-refractivity contribution is -0.119. The molecule has 0 saturated heterocycles. The van der Waals surface area contributed by atoms with Crippen LogP contribution in [0.3, 0.4) is 0 Å². The highest BCUT2D eigenvalue weighted by Crippen LogP contribution is 2.56. The van der Waals surface area contributed by atoms with Gasteiger partial charge in [0.25, 0.3) is 0 Å². The highest BCUT2D eigenvalue weighted by Gasteiger charge is 2.38. The number of hydrogen-bond acceptors (Lipinski definition) is 9. The molecule has 0 spiro atoms. The molecule has 3 aromatic carbocycles. The fourth-order valence-corrected chi connectivity index (χ4v) is 7.68. The molecule has 0 saturated carbocycles. The summed E-state index contributed by atoms with van der Waals surface area (Å²) < 4.78 is 40.3. The molecule has 0 bridgehead atoms. The fraction of sp³-hybridized carbons (Fsp3) is 0.588. The van der Waals surface area contributed by atoms with Crippen LogP contribution in [0.2, 0.25) is 0 Å². The molecule has 3 rings (SSSR count). The molecule has 3 aromatic rings. The number of carbonyl (C=O) groups excluding carboxylic acids is 3. The van der Waals surface area contributed by atoms with E-state index in [0.717, 1.165) is 33.4 Å². The standard InChI is InChI=1S/C51H75O9P/c1-31(52)28-55-34-22-37(46(4,5)6)43(38(23-34)47(7,8)9)58-61(59-44-39(48(10,11)12)24-35(56-29-32(2)53)25-40(44)49(13,14)15)60-45-41(50(16,17)18)26-36(57-30-33(3)54)27-42(45)51(19,20)21/h22-27H,28-30H2,1-21H3. The zero-order chi connectivity index (χ0) is 46.8. The Morgan fingerprint density at radius 3 is 0.656 bits per heavy atom. The SMILES string of the molecule is CC(=O)COc1cc(C(C)(C)C)c(OP(Oc2c(C(C)(C)C)cc(OCC(C)=O)cc2C(C)(C)C)Oc2c(C(C)(C)C)cc(OCC(C)=O)cc2C(C)(C)C)c(C(C)(C)C)c1. The number of ether oxygens (including phenoxy) is 3. The summed E-state index contributed by atoms with van der Waals surface area (Å²) in [6.45, 7) is 42.4. The van der Waals surface area contributed by atoms with Gasteiger partial charge in [0.15, 0.2) is 17.3 Å². The first-order valence-corrected chi connectivity index (χ1v) is 22.4. The normalized spacial score (nSPS) is 12.9. The van der Waals surface area contributed by atoms with Crippen LogP contribution in [-0.4, -0.2) is 37.2 Å². The quantitative estimate of drug-likeness (QED) is 0.138. The summed E-state index contributed by atoms with van der Waals surface area (Å²) in [6, 6.07) is 11.7. The van der Waals surface area contributed by atoms with Crippen molar-refractivity contribution in [2.24, 2.45) is 0 Å². The van der Waals surface area contributed by atoms with Gasteiger partial charge >= 0.3 is 8.60 Å². The third-order valence-electron chi connectivity index (χ3n) is 9.86. The number of carbonyl (C=O) groups is 3. The van der Waals surface area contributed by atoms with Crippen molar-refractivity contribution in [1.82, 2.24) is 0 Å². The summed E-state index contributed by atoms with van der Waals surface area (Å²) in [7, 11) is -2.34. The van der Waals surface area contributed by atoms with E-state index in [1.165, 1.54) is 20.8 Å². The number of hydrogen-bond donors (Lipinski definition) is 0. The maximum absolute atomic E-state index is 12.1. The van der Waals surface area contributed by atoms with Gasteiger partial charge < -0.3 is 27.8 Å². The maximum Gasteiger partial charge on any atom is 0.530 e. The summed E-state index contributed by atoms with van der Waals surface area (Å²) in [5.74, 6) is 3.29. The van der Waals surface area contributed by atoms with E-state index in [1.54, 1.807) is 0 Å². The van der Waals surface area contributed by atoms with Crippen LogP contribution in [0.5, 0.6) is 34.5 Å². The van der Waals surface area contributed by atoms with Gasteiger partial charge in [-0.2, -0.15) is 0 Å². The topological polar surface area (TPSA) is 107 Å². The van der Waals surface area contributed by atoms with Crippen molar-refractivity contribution in [1.29, 1.82) is 0 Å². The molecule has 0 aliphatic rings. The van der Waals surface area contributed by atoms with Crippen LogP contribution in [0.4, 0.5) is 0 Å². The number of ketones is 3. The van der Waals surface area contributed by atoms with E-state index in [4.69, 9.17) is 27.8 Å². The summed E-state index contributed by atoms with van der Waals surface area (Å²) in [4.78, 5) is 36.2. The lowest BCUT2D eigenvalue weighted by Crippen LogP contribution is -2.23. The van der Waals surface area contributed by atoms with E-state index in [9.17, 15) is 14.4 Å². The lowest BCUT2D eigenvalue weighted by atomic mass is 9.79. The molecule has 0 radical (unpaired) electrons. The molecule has 61 heavy (non-hydrogen) atoms. The monoisotopic (exact) mass is 863 g/mol. The Balaban J connectivity index is 2.58. The zero-order valence-electron chi connectivity index (χ0n) is 41.2. The molecule has 0 N–H and O–H groups in total. The van der Waals surface area contributed by atoms with Crippen LogP contribution in [0.15, 0.2) is 36.4 Å². The van der Waals surface area contributed by atoms with Gasteiger partial charge in [-0.15, -0.1) is 0 Å². The van der Waals surface area contributed by atoms with Crippen LogP contribution in [0.1, 0.15) is 179 Å². The highest BCUT2D eigenvalue weighted by molar-refractivity contribution is 7.43. The predicted octanol–water partition coefficient (Wildman–Crippen LogP) is 13.1. The second-order valence-corrected chi connectivity index (χ2v) is 23.5. The lowest BCUT2D eigenvalue weighted by Gasteiger charge is -2.35. The van der Waals surface area contributed by atoms with Gasteiger partial charge in [-0.1, -0.05) is 125 Å². The van der Waals surface area contributed by atoms with Gasteiger partial charge in [-0.05, 0) is 89.7 Å². The number of benzene rings is 3. The first kappa shape index (κ1) is 51.3. The fourth-order valence-electron chi connectivity index (χ4n) is 6.53. The van der Waals surface area contributed by atoms with Crippen molar-refractivity contribution in [2.75, 3.05) is 19.8 Å². The van der Waals surface area contributed by atoms with Gasteiger partial charge in [0.1, 0.15) is 54.3 Å². The minimum atomic E-state index is -2.34. The maximum atomic E-state index is 12.1. The van der Waals surface area contributed by atoms with Crippen LogP contribution in [0, 0.1) is 0 Å². The minimum Gasteiger partial charge on any atom is -0.486 e. The van der Waals surface area contributed by atoms with E-state index >= 15 is 0 Å². The highest BCUT2D eigenvalue weighted by atomic mass is 31.2. The van der Waals surface area contributed by atoms with Crippen molar-refractivity contribution in [3.8, 4) is 34.5 Å². The van der Waals surface area contributed by atoms with Crippen molar-refractivity contribution in [2.45, 2.75) is 178 Å². The van der Waals surface area contributed by atoms with Crippen LogP contribution >= 0.6 is 8.60 Å². The Hall–Kier alpha value is -4.10. The smallest absolute Gasteiger partial charge is 0.486 e. The molecule has 0 fully saturated rings. The molecule has 0 aromatic heterocycles. The van der Waals surface area contributed by atoms with E-state index in [2.05, 4.69) is 125 Å². The number of Topliss-reactive ketones (excluding diaryl/α,β-unsaturated/α-hetero) is 3. The average Bonchev–Trinajstić information content (AvgIpc) is 3.06. The van der Waals surface area contributed by atoms with E-state index in [-0.39, 0.29) is 37.2 Å². The Labute approximate surface area is 369 Å². The van der Waals surface area contributed by atoms with E-state index < -0.39 is 41.1 Å². The largest absolute Gasteiger partial charge is 0.530 e. The van der Waals surface area contributed by atoms with Gasteiger partial charge in [-0.3, -0.25) is 14.4 Å². The number of rotatable bonds is 15. The molecule has 338 valence electrons. The van der Waals surface area contributed by atoms with E-state index in [1.807, 2.05) is 36.4 Å². The molecule has 9 nitrogen and oxygen atoms in total. The predicted molar refractivity (Wildman–Crippen MR) is 249 cm³/mol. The van der Waals surface area contributed by atoms with E-state index in [0.29, 0.717) is 34.5 Å². The average molecular weight is 863 g/mol. The Morgan fingerprint density at radius 2 is 0.525 bits per heavy atom. The van der Waals surface area contributed by atoms with Gasteiger partial charge in [0.05, 0.1) is 0 Å². The van der Waals surface area contributed by atoms with Crippen molar-refractivity contribution in [3.05, 3.63) is 69.8 Å². The van der Waals surface area contributed by atoms with Gasteiger partial charge in [0, 0.05) is 33.4 Å². The third-order valence-corrected chi connectivity index (χ3v) is 10.9. The summed E-state index contributed by atoms with van der Waals surface area (Å²) >= 11 is 0. The molecule has 0 atom stereocenters. The summed E-state index contributed by atoms with van der Waals surface area (Å²) in [6.07, 6.45) is 0. The minimum absolute atomic E-state index is 0.0547. The van der Waals surface area contributed by atoms with Crippen molar-refractivity contribution in [3.63, 3.8) is 0 Å².